The lowest BCUT2D eigenvalue weighted by molar-refractivity contribution is 0.623. The van der Waals surface area contributed by atoms with E-state index in [1.165, 1.54) is 0 Å². The number of anilines is 1. The van der Waals surface area contributed by atoms with Crippen molar-refractivity contribution in [1.29, 1.82) is 0 Å². The third-order valence-corrected chi connectivity index (χ3v) is 4.35. The molecular formula is C14H19N3OS. The molecule has 19 heavy (non-hydrogen) atoms. The SMILES string of the molecule is CCc1cc(CS(=O)c2ccc(N)cc2)n(CC)n1. The summed E-state index contributed by atoms with van der Waals surface area (Å²) in [5, 5.41) is 4.47. The molecule has 0 aliphatic rings. The van der Waals surface area contributed by atoms with Gasteiger partial charge in [-0.3, -0.25) is 8.89 Å². The molecule has 1 heterocycles. The van der Waals surface area contributed by atoms with Crippen molar-refractivity contribution in [3.05, 3.63) is 41.7 Å². The Kier molecular flexibility index (Phi) is 4.37. The molecule has 0 aliphatic carbocycles. The third kappa shape index (κ3) is 3.23. The lowest BCUT2D eigenvalue weighted by Crippen LogP contribution is -2.06. The summed E-state index contributed by atoms with van der Waals surface area (Å²) in [4.78, 5) is 0.802. The standard InChI is InChI=1S/C14H19N3OS/c1-3-12-9-13(17(4-2)16-12)10-19(18)14-7-5-11(15)6-8-14/h5-9H,3-4,10,15H2,1-2H3. The Morgan fingerprint density at radius 1 is 1.26 bits per heavy atom. The highest BCUT2D eigenvalue weighted by molar-refractivity contribution is 7.84. The molecule has 1 unspecified atom stereocenters. The number of aryl methyl sites for hydroxylation is 2. The molecule has 0 saturated heterocycles. The van der Waals surface area contributed by atoms with Crippen LogP contribution in [0.4, 0.5) is 5.69 Å². The van der Waals surface area contributed by atoms with Crippen molar-refractivity contribution < 1.29 is 4.21 Å². The Morgan fingerprint density at radius 2 is 1.95 bits per heavy atom. The summed E-state index contributed by atoms with van der Waals surface area (Å²) < 4.78 is 14.2. The number of nitrogen functional groups attached to an aromatic ring is 1. The Labute approximate surface area is 116 Å². The van der Waals surface area contributed by atoms with Crippen molar-refractivity contribution in [1.82, 2.24) is 9.78 Å². The highest BCUT2D eigenvalue weighted by Gasteiger charge is 2.11. The summed E-state index contributed by atoms with van der Waals surface area (Å²) in [6.07, 6.45) is 0.897. The molecule has 0 amide bonds. The van der Waals surface area contributed by atoms with Gasteiger partial charge in [0.2, 0.25) is 0 Å². The Balaban J connectivity index is 2.18. The van der Waals surface area contributed by atoms with Gasteiger partial charge in [-0.25, -0.2) is 0 Å². The van der Waals surface area contributed by atoms with Crippen LogP contribution in [0.25, 0.3) is 0 Å². The number of benzene rings is 1. The van der Waals surface area contributed by atoms with Crippen LogP contribution in [0, 0.1) is 0 Å². The summed E-state index contributed by atoms with van der Waals surface area (Å²) in [5.41, 5.74) is 8.39. The first-order chi connectivity index (χ1) is 9.13. The van der Waals surface area contributed by atoms with Crippen LogP contribution in [-0.4, -0.2) is 14.0 Å². The molecule has 1 aromatic carbocycles. The van der Waals surface area contributed by atoms with E-state index in [-0.39, 0.29) is 0 Å². The van der Waals surface area contributed by atoms with Gasteiger partial charge < -0.3 is 5.73 Å². The Bertz CT molecular complexity index is 575. The summed E-state index contributed by atoms with van der Waals surface area (Å²) >= 11 is 0. The van der Waals surface area contributed by atoms with Gasteiger partial charge in [0.1, 0.15) is 0 Å². The van der Waals surface area contributed by atoms with E-state index in [9.17, 15) is 4.21 Å². The minimum atomic E-state index is -1.06. The molecular weight excluding hydrogens is 258 g/mol. The Morgan fingerprint density at radius 3 is 2.53 bits per heavy atom. The smallest absolute Gasteiger partial charge is 0.0702 e. The summed E-state index contributed by atoms with van der Waals surface area (Å²) in [6, 6.07) is 9.24. The average Bonchev–Trinajstić information content (AvgIpc) is 2.81. The topological polar surface area (TPSA) is 60.9 Å². The van der Waals surface area contributed by atoms with E-state index < -0.39 is 10.8 Å². The van der Waals surface area contributed by atoms with Gasteiger partial charge in [0.15, 0.2) is 0 Å². The average molecular weight is 277 g/mol. The van der Waals surface area contributed by atoms with Gasteiger partial charge in [-0.2, -0.15) is 5.10 Å². The third-order valence-electron chi connectivity index (χ3n) is 3.00. The fourth-order valence-electron chi connectivity index (χ4n) is 1.91. The fourth-order valence-corrected chi connectivity index (χ4v) is 3.02. The van der Waals surface area contributed by atoms with E-state index in [2.05, 4.69) is 12.0 Å². The molecule has 1 aromatic heterocycles. The van der Waals surface area contributed by atoms with E-state index in [4.69, 9.17) is 5.73 Å². The minimum absolute atomic E-state index is 0.491. The van der Waals surface area contributed by atoms with E-state index in [1.54, 1.807) is 12.1 Å². The van der Waals surface area contributed by atoms with Crippen molar-refractivity contribution in [2.75, 3.05) is 5.73 Å². The van der Waals surface area contributed by atoms with Crippen LogP contribution in [0.1, 0.15) is 25.2 Å². The minimum Gasteiger partial charge on any atom is -0.399 e. The zero-order valence-electron chi connectivity index (χ0n) is 11.3. The van der Waals surface area contributed by atoms with E-state index in [0.717, 1.165) is 29.2 Å². The second-order valence-electron chi connectivity index (χ2n) is 4.36. The van der Waals surface area contributed by atoms with Crippen LogP contribution in [-0.2, 0) is 29.5 Å². The second-order valence-corrected chi connectivity index (χ2v) is 5.81. The normalized spacial score (nSPS) is 12.5. The van der Waals surface area contributed by atoms with Crippen molar-refractivity contribution in [3.8, 4) is 0 Å². The molecule has 0 fully saturated rings. The molecule has 0 bridgehead atoms. The van der Waals surface area contributed by atoms with Gasteiger partial charge in [-0.05, 0) is 43.7 Å². The summed E-state index contributed by atoms with van der Waals surface area (Å²) in [5.74, 6) is 0.491. The number of hydrogen-bond acceptors (Lipinski definition) is 3. The molecule has 1 atom stereocenters. The number of nitrogens with two attached hydrogens (primary N) is 1. The zero-order chi connectivity index (χ0) is 13.8. The first-order valence-electron chi connectivity index (χ1n) is 6.43. The predicted octanol–water partition coefficient (Wildman–Crippen LogP) is 2.36. The number of nitrogens with zero attached hydrogens (tertiary/aromatic N) is 2. The largest absolute Gasteiger partial charge is 0.399 e. The maximum absolute atomic E-state index is 12.3. The van der Waals surface area contributed by atoms with Crippen LogP contribution >= 0.6 is 0 Å². The zero-order valence-corrected chi connectivity index (χ0v) is 12.1. The van der Waals surface area contributed by atoms with Gasteiger partial charge >= 0.3 is 0 Å². The van der Waals surface area contributed by atoms with Crippen LogP contribution in [0.15, 0.2) is 35.2 Å². The first-order valence-corrected chi connectivity index (χ1v) is 7.75. The van der Waals surface area contributed by atoms with E-state index >= 15 is 0 Å². The van der Waals surface area contributed by atoms with Crippen LogP contribution in [0.3, 0.4) is 0 Å². The van der Waals surface area contributed by atoms with Crippen molar-refractivity contribution in [3.63, 3.8) is 0 Å². The quantitative estimate of drug-likeness (QED) is 0.853. The van der Waals surface area contributed by atoms with Gasteiger partial charge in [0, 0.05) is 17.1 Å². The molecule has 4 nitrogen and oxygen atoms in total. The monoisotopic (exact) mass is 277 g/mol. The van der Waals surface area contributed by atoms with Crippen LogP contribution in [0.2, 0.25) is 0 Å². The van der Waals surface area contributed by atoms with Crippen LogP contribution in [0.5, 0.6) is 0 Å². The lowest BCUT2D eigenvalue weighted by atomic mass is 10.3. The maximum Gasteiger partial charge on any atom is 0.0702 e. The molecule has 0 saturated carbocycles. The van der Waals surface area contributed by atoms with E-state index in [1.807, 2.05) is 29.8 Å². The number of hydrogen-bond donors (Lipinski definition) is 1. The Hall–Kier alpha value is -1.62. The molecule has 0 aliphatic heterocycles. The number of aromatic nitrogens is 2. The highest BCUT2D eigenvalue weighted by atomic mass is 32.2. The van der Waals surface area contributed by atoms with Gasteiger partial charge in [-0.15, -0.1) is 0 Å². The molecule has 0 radical (unpaired) electrons. The molecule has 2 N–H and O–H groups in total. The molecule has 102 valence electrons. The van der Waals surface area contributed by atoms with Crippen LogP contribution < -0.4 is 5.73 Å². The second kappa shape index (κ2) is 6.02. The van der Waals surface area contributed by atoms with Crippen molar-refractivity contribution >= 4 is 16.5 Å². The van der Waals surface area contributed by atoms with Gasteiger partial charge in [0.05, 0.1) is 27.9 Å². The fraction of sp³-hybridized carbons (Fsp3) is 0.357. The molecule has 0 spiro atoms. The van der Waals surface area contributed by atoms with Gasteiger partial charge in [-0.1, -0.05) is 6.92 Å². The predicted molar refractivity (Wildman–Crippen MR) is 78.2 cm³/mol. The van der Waals surface area contributed by atoms with Crippen molar-refractivity contribution in [2.45, 2.75) is 37.5 Å². The molecule has 2 aromatic rings. The number of rotatable bonds is 5. The highest BCUT2D eigenvalue weighted by Crippen LogP contribution is 2.15. The molecule has 2 rings (SSSR count). The molecule has 5 heteroatoms. The van der Waals surface area contributed by atoms with Crippen molar-refractivity contribution in [2.24, 2.45) is 0 Å². The lowest BCUT2D eigenvalue weighted by Gasteiger charge is -2.05. The first kappa shape index (κ1) is 13.8. The van der Waals surface area contributed by atoms with E-state index in [0.29, 0.717) is 11.4 Å². The summed E-state index contributed by atoms with van der Waals surface area (Å²) in [6.45, 7) is 4.92. The van der Waals surface area contributed by atoms with Gasteiger partial charge in [0.25, 0.3) is 0 Å². The summed E-state index contributed by atoms with van der Waals surface area (Å²) in [7, 11) is -1.06. The maximum atomic E-state index is 12.3.